The highest BCUT2D eigenvalue weighted by Crippen LogP contribution is 2.29. The van der Waals surface area contributed by atoms with Gasteiger partial charge in [-0.2, -0.15) is 0 Å². The molecule has 0 saturated carbocycles. The molecule has 1 aromatic heterocycles. The minimum Gasteiger partial charge on any atom is -0.244 e. The number of rotatable bonds is 2. The highest BCUT2D eigenvalue weighted by molar-refractivity contribution is 6.29. The van der Waals surface area contributed by atoms with E-state index in [0.29, 0.717) is 10.7 Å². The average Bonchev–Trinajstić information content (AvgIpc) is 2.33. The molecule has 0 saturated heterocycles. The molecule has 2 rings (SSSR count). The molecular weight excluding hydrogens is 237 g/mol. The largest absolute Gasteiger partial charge is 0.244 e. The second-order valence-electron chi connectivity index (χ2n) is 3.93. The third-order valence-electron chi connectivity index (χ3n) is 2.89. The summed E-state index contributed by atoms with van der Waals surface area (Å²) in [5.74, 6) is -0.197. The van der Waals surface area contributed by atoms with Crippen molar-refractivity contribution >= 4 is 11.6 Å². The number of aryl methyl sites for hydroxylation is 1. The highest BCUT2D eigenvalue weighted by Gasteiger charge is 2.10. The predicted molar refractivity (Wildman–Crippen MR) is 68.8 cm³/mol. The van der Waals surface area contributed by atoms with Gasteiger partial charge in [0.2, 0.25) is 0 Å². The van der Waals surface area contributed by atoms with Crippen LogP contribution >= 0.6 is 11.6 Å². The van der Waals surface area contributed by atoms with Crippen molar-refractivity contribution in [1.29, 1.82) is 0 Å². The van der Waals surface area contributed by atoms with Crippen molar-refractivity contribution < 1.29 is 4.39 Å². The van der Waals surface area contributed by atoms with Crippen molar-refractivity contribution in [2.75, 3.05) is 0 Å². The molecule has 17 heavy (non-hydrogen) atoms. The van der Waals surface area contributed by atoms with E-state index in [1.165, 1.54) is 6.07 Å². The van der Waals surface area contributed by atoms with Gasteiger partial charge in [0, 0.05) is 6.20 Å². The first-order chi connectivity index (χ1) is 8.13. The lowest BCUT2D eigenvalue weighted by molar-refractivity contribution is 0.619. The fourth-order valence-corrected chi connectivity index (χ4v) is 2.05. The van der Waals surface area contributed by atoms with Crippen molar-refractivity contribution in [3.05, 3.63) is 52.6 Å². The Bertz CT molecular complexity index is 552. The predicted octanol–water partition coefficient (Wildman–Crippen LogP) is 4.41. The fraction of sp³-hybridized carbons (Fsp3) is 0.214. The summed E-state index contributed by atoms with van der Waals surface area (Å²) in [5.41, 5.74) is 3.56. The molecule has 0 unspecified atom stereocenters. The molecule has 1 heterocycles. The van der Waals surface area contributed by atoms with Crippen LogP contribution in [-0.4, -0.2) is 4.98 Å². The van der Waals surface area contributed by atoms with Gasteiger partial charge in [-0.05, 0) is 47.7 Å². The van der Waals surface area contributed by atoms with E-state index in [0.717, 1.165) is 23.1 Å². The zero-order valence-electron chi connectivity index (χ0n) is 9.80. The van der Waals surface area contributed by atoms with Crippen LogP contribution in [0.25, 0.3) is 11.1 Å². The average molecular weight is 250 g/mol. The summed E-state index contributed by atoms with van der Waals surface area (Å²) < 4.78 is 13.6. The van der Waals surface area contributed by atoms with Crippen molar-refractivity contribution in [2.45, 2.75) is 20.3 Å². The monoisotopic (exact) mass is 249 g/mol. The quantitative estimate of drug-likeness (QED) is 0.719. The van der Waals surface area contributed by atoms with E-state index in [-0.39, 0.29) is 5.82 Å². The van der Waals surface area contributed by atoms with Gasteiger partial charge in [-0.1, -0.05) is 30.7 Å². The topological polar surface area (TPSA) is 12.9 Å². The third kappa shape index (κ3) is 2.32. The molecular formula is C14H13ClFN. The number of pyridine rings is 1. The summed E-state index contributed by atoms with van der Waals surface area (Å²) in [6.45, 7) is 3.82. The van der Waals surface area contributed by atoms with Gasteiger partial charge in [0.05, 0.1) is 0 Å². The molecule has 0 radical (unpaired) electrons. The number of nitrogens with zero attached hydrogens (tertiary/aromatic N) is 1. The lowest BCUT2D eigenvalue weighted by Gasteiger charge is -2.11. The van der Waals surface area contributed by atoms with E-state index in [1.54, 1.807) is 25.3 Å². The number of benzene rings is 1. The maximum absolute atomic E-state index is 13.6. The zero-order valence-corrected chi connectivity index (χ0v) is 10.6. The van der Waals surface area contributed by atoms with E-state index >= 15 is 0 Å². The molecule has 0 aliphatic rings. The molecule has 0 amide bonds. The first kappa shape index (κ1) is 12.1. The van der Waals surface area contributed by atoms with Gasteiger partial charge in [-0.3, -0.25) is 0 Å². The summed E-state index contributed by atoms with van der Waals surface area (Å²) in [4.78, 5) is 4.06. The van der Waals surface area contributed by atoms with Gasteiger partial charge in [0.1, 0.15) is 11.0 Å². The molecule has 0 spiro atoms. The third-order valence-corrected chi connectivity index (χ3v) is 3.10. The Morgan fingerprint density at radius 1 is 1.29 bits per heavy atom. The SMILES string of the molecule is CCc1cnc(Cl)cc1-c1cccc(F)c1C. The summed E-state index contributed by atoms with van der Waals surface area (Å²) in [7, 11) is 0. The first-order valence-electron chi connectivity index (χ1n) is 5.53. The van der Waals surface area contributed by atoms with Gasteiger partial charge in [-0.15, -0.1) is 0 Å². The molecule has 1 nitrogen and oxygen atoms in total. The lowest BCUT2D eigenvalue weighted by Crippen LogP contribution is -1.94. The van der Waals surface area contributed by atoms with Crippen LogP contribution < -0.4 is 0 Å². The van der Waals surface area contributed by atoms with Crippen molar-refractivity contribution in [3.63, 3.8) is 0 Å². The normalized spacial score (nSPS) is 10.6. The summed E-state index contributed by atoms with van der Waals surface area (Å²) >= 11 is 5.91. The molecule has 1 aromatic carbocycles. The second-order valence-corrected chi connectivity index (χ2v) is 4.32. The van der Waals surface area contributed by atoms with Crippen molar-refractivity contribution in [1.82, 2.24) is 4.98 Å². The zero-order chi connectivity index (χ0) is 12.4. The number of hydrogen-bond donors (Lipinski definition) is 0. The van der Waals surface area contributed by atoms with Crippen LogP contribution in [0.4, 0.5) is 4.39 Å². The minimum absolute atomic E-state index is 0.197. The molecule has 2 aromatic rings. The lowest BCUT2D eigenvalue weighted by atomic mass is 9.96. The highest BCUT2D eigenvalue weighted by atomic mass is 35.5. The van der Waals surface area contributed by atoms with Gasteiger partial charge >= 0.3 is 0 Å². The minimum atomic E-state index is -0.197. The van der Waals surface area contributed by atoms with E-state index in [2.05, 4.69) is 4.98 Å². The molecule has 0 atom stereocenters. The van der Waals surface area contributed by atoms with Crippen LogP contribution in [0.15, 0.2) is 30.5 Å². The van der Waals surface area contributed by atoms with Crippen molar-refractivity contribution in [3.8, 4) is 11.1 Å². The maximum atomic E-state index is 13.6. The van der Waals surface area contributed by atoms with E-state index in [4.69, 9.17) is 11.6 Å². The number of halogens is 2. The maximum Gasteiger partial charge on any atom is 0.129 e. The van der Waals surface area contributed by atoms with Crippen LogP contribution in [0, 0.1) is 12.7 Å². The number of hydrogen-bond acceptors (Lipinski definition) is 1. The molecule has 0 bridgehead atoms. The van der Waals surface area contributed by atoms with Crippen LogP contribution in [0.5, 0.6) is 0 Å². The first-order valence-corrected chi connectivity index (χ1v) is 5.91. The summed E-state index contributed by atoms with van der Waals surface area (Å²) in [6, 6.07) is 6.88. The Labute approximate surface area is 105 Å². The summed E-state index contributed by atoms with van der Waals surface area (Å²) in [5, 5.41) is 0.431. The number of aromatic nitrogens is 1. The van der Waals surface area contributed by atoms with Crippen LogP contribution in [0.2, 0.25) is 5.15 Å². The Hall–Kier alpha value is -1.41. The molecule has 0 fully saturated rings. The van der Waals surface area contributed by atoms with Crippen LogP contribution in [0.3, 0.4) is 0 Å². The molecule has 88 valence electrons. The second kappa shape index (κ2) is 4.84. The van der Waals surface area contributed by atoms with Gasteiger partial charge in [0.25, 0.3) is 0 Å². The smallest absolute Gasteiger partial charge is 0.129 e. The van der Waals surface area contributed by atoms with Crippen LogP contribution in [0.1, 0.15) is 18.1 Å². The van der Waals surface area contributed by atoms with Gasteiger partial charge in [0.15, 0.2) is 0 Å². The van der Waals surface area contributed by atoms with Gasteiger partial charge in [-0.25, -0.2) is 9.37 Å². The fourth-order valence-electron chi connectivity index (χ4n) is 1.89. The van der Waals surface area contributed by atoms with Crippen molar-refractivity contribution in [2.24, 2.45) is 0 Å². The van der Waals surface area contributed by atoms with E-state index < -0.39 is 0 Å². The standard InChI is InChI=1S/C14H13ClFN/c1-3-10-8-17-14(15)7-12(10)11-5-4-6-13(16)9(11)2/h4-8H,3H2,1-2H3. The Morgan fingerprint density at radius 3 is 2.76 bits per heavy atom. The molecule has 0 aliphatic carbocycles. The Balaban J connectivity index is 2.67. The van der Waals surface area contributed by atoms with Gasteiger partial charge < -0.3 is 0 Å². The summed E-state index contributed by atoms with van der Waals surface area (Å²) in [6.07, 6.45) is 2.59. The Morgan fingerprint density at radius 2 is 2.06 bits per heavy atom. The molecule has 0 aliphatic heterocycles. The van der Waals surface area contributed by atoms with Crippen LogP contribution in [-0.2, 0) is 6.42 Å². The van der Waals surface area contributed by atoms with E-state index in [9.17, 15) is 4.39 Å². The van der Waals surface area contributed by atoms with E-state index in [1.807, 2.05) is 13.0 Å². The molecule has 0 N–H and O–H groups in total. The molecule has 3 heteroatoms. The Kier molecular flexibility index (Phi) is 3.43.